The van der Waals surface area contributed by atoms with Crippen molar-refractivity contribution in [3.63, 3.8) is 0 Å². The molecule has 9 heteroatoms. The Morgan fingerprint density at radius 1 is 0.553 bits per heavy atom. The summed E-state index contributed by atoms with van der Waals surface area (Å²) in [6, 6.07) is 24.6. The lowest BCUT2D eigenvalue weighted by molar-refractivity contribution is 0.581. The fourth-order valence-electron chi connectivity index (χ4n) is 5.46. The molecule has 47 heavy (non-hydrogen) atoms. The summed E-state index contributed by atoms with van der Waals surface area (Å²) in [6.07, 6.45) is 6.67. The lowest BCUT2D eigenvalue weighted by Gasteiger charge is -2.13. The van der Waals surface area contributed by atoms with Gasteiger partial charge in [0.05, 0.1) is 11.5 Å². The van der Waals surface area contributed by atoms with Gasteiger partial charge in [-0.3, -0.25) is 9.97 Å². The van der Waals surface area contributed by atoms with Gasteiger partial charge in [-0.25, -0.2) is 17.2 Å². The van der Waals surface area contributed by atoms with Crippen molar-refractivity contribution in [1.82, 2.24) is 9.97 Å². The van der Waals surface area contributed by atoms with Crippen LogP contribution >= 0.6 is 31.9 Å². The highest BCUT2D eigenvalue weighted by molar-refractivity contribution is 9.10. The number of aromatic nitrogens is 2. The average Bonchev–Trinajstić information content (AvgIpc) is 3.05. The van der Waals surface area contributed by atoms with Crippen LogP contribution in [0, 0.1) is 25.5 Å². The molecule has 0 fully saturated rings. The zero-order valence-corrected chi connectivity index (χ0v) is 29.4. The minimum Gasteiger partial charge on any atom is -0.264 e. The molecule has 0 aliphatic rings. The van der Waals surface area contributed by atoms with Crippen molar-refractivity contribution in [3.8, 4) is 44.5 Å². The number of nitrogens with zero attached hydrogens (tertiary/aromatic N) is 2. The molecule has 0 radical (unpaired) electrons. The van der Waals surface area contributed by atoms with Crippen LogP contribution in [0.5, 0.6) is 0 Å². The number of hydrogen-bond donors (Lipinski definition) is 0. The van der Waals surface area contributed by atoms with Crippen LogP contribution in [-0.4, -0.2) is 18.4 Å². The predicted molar refractivity (Wildman–Crippen MR) is 191 cm³/mol. The minimum absolute atomic E-state index is 0.0126. The zero-order valence-electron chi connectivity index (χ0n) is 25.4. The molecule has 236 valence electrons. The Morgan fingerprint density at radius 3 is 1.32 bits per heavy atom. The van der Waals surface area contributed by atoms with Crippen LogP contribution in [0.25, 0.3) is 44.5 Å². The standard InChI is InChI=1S/C38H28Br2F2N2O2S/c1-23-3-5-25(15-35(23)39)31-11-13-43-19-33(31)27-7-9-29(37(41)17-27)21-47(45,46)22-30-10-8-28(18-38(30)42)34-20-44-14-12-32(34)26-6-4-24(2)36(40)16-26/h3-20H,21-22H2,1-2H3. The van der Waals surface area contributed by atoms with Crippen molar-refractivity contribution in [1.29, 1.82) is 0 Å². The van der Waals surface area contributed by atoms with Crippen molar-refractivity contribution in [2.45, 2.75) is 25.4 Å². The summed E-state index contributed by atoms with van der Waals surface area (Å²) in [7, 11) is -3.92. The van der Waals surface area contributed by atoms with Gasteiger partial charge in [-0.2, -0.15) is 0 Å². The Morgan fingerprint density at radius 2 is 0.936 bits per heavy atom. The molecule has 0 N–H and O–H groups in total. The first kappa shape index (κ1) is 32.9. The molecule has 6 rings (SSSR count). The third-order valence-corrected chi connectivity index (χ3v) is 11.3. The Kier molecular flexibility index (Phi) is 9.50. The molecular weight excluding hydrogens is 746 g/mol. The zero-order chi connectivity index (χ0) is 33.3. The topological polar surface area (TPSA) is 59.9 Å². The first-order valence-corrected chi connectivity index (χ1v) is 18.1. The predicted octanol–water partition coefficient (Wildman–Crippen LogP) is 10.7. The van der Waals surface area contributed by atoms with E-state index < -0.39 is 33.0 Å². The molecule has 0 atom stereocenters. The second-order valence-corrected chi connectivity index (χ2v) is 15.2. The molecule has 0 spiro atoms. The SMILES string of the molecule is Cc1ccc(-c2ccncc2-c2ccc(CS(=O)(=O)Cc3ccc(-c4cnccc4-c4ccc(C)c(Br)c4)cc3F)c(F)c2)cc1Br. The minimum atomic E-state index is -3.92. The van der Waals surface area contributed by atoms with Gasteiger partial charge in [-0.05, 0) is 94.8 Å². The fraction of sp³-hybridized carbons (Fsp3) is 0.105. The maximum Gasteiger partial charge on any atom is 0.158 e. The van der Waals surface area contributed by atoms with Crippen molar-refractivity contribution in [3.05, 3.63) is 153 Å². The van der Waals surface area contributed by atoms with E-state index in [4.69, 9.17) is 0 Å². The number of pyridine rings is 2. The van der Waals surface area contributed by atoms with Crippen LogP contribution in [0.4, 0.5) is 8.78 Å². The van der Waals surface area contributed by atoms with E-state index >= 15 is 8.78 Å². The molecule has 2 aromatic heterocycles. The number of aryl methyl sites for hydroxylation is 2. The van der Waals surface area contributed by atoms with E-state index in [0.29, 0.717) is 22.3 Å². The van der Waals surface area contributed by atoms with Gasteiger partial charge in [0.2, 0.25) is 0 Å². The molecule has 0 amide bonds. The Balaban J connectivity index is 1.23. The number of rotatable bonds is 8. The number of benzene rings is 4. The lowest BCUT2D eigenvalue weighted by Crippen LogP contribution is -2.10. The van der Waals surface area contributed by atoms with Crippen LogP contribution in [-0.2, 0) is 21.3 Å². The summed E-state index contributed by atoms with van der Waals surface area (Å²) in [5, 5.41) is 0. The molecule has 4 nitrogen and oxygen atoms in total. The van der Waals surface area contributed by atoms with Gasteiger partial charge >= 0.3 is 0 Å². The van der Waals surface area contributed by atoms with Gasteiger partial charge in [-0.15, -0.1) is 0 Å². The second kappa shape index (κ2) is 13.6. The summed E-state index contributed by atoms with van der Waals surface area (Å²) < 4.78 is 59.2. The van der Waals surface area contributed by atoms with Crippen molar-refractivity contribution >= 4 is 41.7 Å². The van der Waals surface area contributed by atoms with E-state index in [-0.39, 0.29) is 11.1 Å². The van der Waals surface area contributed by atoms with Gasteiger partial charge in [0.15, 0.2) is 9.84 Å². The molecule has 0 unspecified atom stereocenters. The van der Waals surface area contributed by atoms with E-state index in [9.17, 15) is 8.42 Å². The van der Waals surface area contributed by atoms with Crippen LogP contribution in [0.3, 0.4) is 0 Å². The van der Waals surface area contributed by atoms with Crippen LogP contribution in [0.1, 0.15) is 22.3 Å². The Hall–Kier alpha value is -4.05. The Bertz CT molecular complexity index is 2110. The van der Waals surface area contributed by atoms with Gasteiger partial charge in [-0.1, -0.05) is 80.4 Å². The molecule has 0 aliphatic carbocycles. The fourth-order valence-corrected chi connectivity index (χ4v) is 7.74. The second-order valence-electron chi connectivity index (χ2n) is 11.4. The van der Waals surface area contributed by atoms with Gasteiger partial charge in [0.1, 0.15) is 11.6 Å². The van der Waals surface area contributed by atoms with Crippen LogP contribution < -0.4 is 0 Å². The molecular formula is C38H28Br2F2N2O2S. The maximum atomic E-state index is 15.4. The highest BCUT2D eigenvalue weighted by Crippen LogP contribution is 2.36. The number of halogens is 4. The molecule has 0 bridgehead atoms. The van der Waals surface area contributed by atoms with E-state index in [2.05, 4.69) is 41.8 Å². The van der Waals surface area contributed by atoms with E-state index in [1.807, 2.05) is 62.4 Å². The Labute approximate surface area is 289 Å². The van der Waals surface area contributed by atoms with Crippen molar-refractivity contribution in [2.24, 2.45) is 0 Å². The van der Waals surface area contributed by atoms with Gasteiger partial charge in [0.25, 0.3) is 0 Å². The highest BCUT2D eigenvalue weighted by atomic mass is 79.9. The third-order valence-electron chi connectivity index (χ3n) is 8.09. The van der Waals surface area contributed by atoms with E-state index in [1.54, 1.807) is 36.9 Å². The van der Waals surface area contributed by atoms with E-state index in [1.165, 1.54) is 24.3 Å². The highest BCUT2D eigenvalue weighted by Gasteiger charge is 2.20. The molecule has 0 saturated heterocycles. The van der Waals surface area contributed by atoms with E-state index in [0.717, 1.165) is 42.3 Å². The van der Waals surface area contributed by atoms with Crippen molar-refractivity contribution in [2.75, 3.05) is 0 Å². The summed E-state index contributed by atoms with van der Waals surface area (Å²) in [4.78, 5) is 8.47. The average molecular weight is 775 g/mol. The molecule has 0 aliphatic heterocycles. The van der Waals surface area contributed by atoms with Gasteiger partial charge in [0, 0.05) is 56.0 Å². The third kappa shape index (κ3) is 7.27. The molecule has 2 heterocycles. The number of sulfone groups is 1. The maximum absolute atomic E-state index is 15.4. The molecule has 0 saturated carbocycles. The summed E-state index contributed by atoms with van der Waals surface area (Å²) >= 11 is 7.14. The lowest BCUT2D eigenvalue weighted by atomic mass is 9.95. The number of hydrogen-bond acceptors (Lipinski definition) is 4. The summed E-state index contributed by atoms with van der Waals surface area (Å²) in [6.45, 7) is 3.99. The molecule has 4 aromatic carbocycles. The van der Waals surface area contributed by atoms with Crippen LogP contribution in [0.2, 0.25) is 0 Å². The first-order valence-electron chi connectivity index (χ1n) is 14.7. The largest absolute Gasteiger partial charge is 0.264 e. The van der Waals surface area contributed by atoms with Crippen LogP contribution in [0.15, 0.2) is 119 Å². The summed E-state index contributed by atoms with van der Waals surface area (Å²) in [5.41, 5.74) is 8.36. The normalized spacial score (nSPS) is 11.5. The molecule has 6 aromatic rings. The quantitative estimate of drug-likeness (QED) is 0.155. The smallest absolute Gasteiger partial charge is 0.158 e. The summed E-state index contributed by atoms with van der Waals surface area (Å²) in [5.74, 6) is -2.46. The van der Waals surface area contributed by atoms with Gasteiger partial charge < -0.3 is 0 Å². The van der Waals surface area contributed by atoms with Crippen molar-refractivity contribution < 1.29 is 17.2 Å². The monoisotopic (exact) mass is 772 g/mol. The first-order chi connectivity index (χ1) is 22.5.